The van der Waals surface area contributed by atoms with E-state index in [1.54, 1.807) is 19.1 Å². The average Bonchev–Trinajstić information content (AvgIpc) is 2.85. The number of benzene rings is 4. The Labute approximate surface area is 192 Å². The van der Waals surface area contributed by atoms with E-state index < -0.39 is 18.0 Å². The maximum absolute atomic E-state index is 12.5. The van der Waals surface area contributed by atoms with Crippen LogP contribution in [0, 0.1) is 0 Å². The van der Waals surface area contributed by atoms with Gasteiger partial charge in [0.05, 0.1) is 23.8 Å². The molecule has 4 rings (SSSR count). The van der Waals surface area contributed by atoms with Gasteiger partial charge in [0.15, 0.2) is 0 Å². The van der Waals surface area contributed by atoms with Crippen LogP contribution in [0.3, 0.4) is 0 Å². The number of carbonyl (C=O) groups excluding carboxylic acids is 2. The lowest BCUT2D eigenvalue weighted by Gasteiger charge is -2.18. The minimum absolute atomic E-state index is 0.108. The highest BCUT2D eigenvalue weighted by molar-refractivity contribution is 5.96. The number of hydrogen-bond acceptors (Lipinski definition) is 5. The lowest BCUT2D eigenvalue weighted by atomic mass is 10.1. The van der Waals surface area contributed by atoms with Gasteiger partial charge in [-0.2, -0.15) is 0 Å². The SMILES string of the molecule is CC(COC(=O)c1ccc2ccccc2c1)OCC(C)OC(=O)c1ccc2ccccc2c1. The lowest BCUT2D eigenvalue weighted by molar-refractivity contribution is -0.0379. The third-order valence-electron chi connectivity index (χ3n) is 5.34. The van der Waals surface area contributed by atoms with Gasteiger partial charge in [0.25, 0.3) is 0 Å². The molecule has 0 fully saturated rings. The Morgan fingerprint density at radius 2 is 1.15 bits per heavy atom. The Balaban J connectivity index is 1.23. The third-order valence-corrected chi connectivity index (χ3v) is 5.34. The molecule has 0 spiro atoms. The topological polar surface area (TPSA) is 61.8 Å². The van der Waals surface area contributed by atoms with E-state index in [2.05, 4.69) is 0 Å². The first-order chi connectivity index (χ1) is 16.0. The van der Waals surface area contributed by atoms with E-state index in [1.807, 2.05) is 79.7 Å². The van der Waals surface area contributed by atoms with Crippen LogP contribution in [0.2, 0.25) is 0 Å². The van der Waals surface area contributed by atoms with Crippen LogP contribution in [-0.2, 0) is 14.2 Å². The van der Waals surface area contributed by atoms with Crippen molar-refractivity contribution in [3.63, 3.8) is 0 Å². The van der Waals surface area contributed by atoms with Gasteiger partial charge >= 0.3 is 11.9 Å². The molecule has 5 nitrogen and oxygen atoms in total. The van der Waals surface area contributed by atoms with E-state index in [1.165, 1.54) is 0 Å². The Bertz CT molecular complexity index is 1280. The molecule has 0 aliphatic heterocycles. The maximum Gasteiger partial charge on any atom is 0.338 e. The van der Waals surface area contributed by atoms with Crippen LogP contribution in [0.15, 0.2) is 84.9 Å². The van der Waals surface area contributed by atoms with Gasteiger partial charge in [-0.3, -0.25) is 0 Å². The van der Waals surface area contributed by atoms with Crippen molar-refractivity contribution in [3.05, 3.63) is 96.1 Å². The van der Waals surface area contributed by atoms with Gasteiger partial charge in [0.1, 0.15) is 12.7 Å². The molecule has 0 saturated heterocycles. The molecular formula is C28H26O5. The van der Waals surface area contributed by atoms with E-state index in [4.69, 9.17) is 14.2 Å². The first-order valence-corrected chi connectivity index (χ1v) is 11.0. The molecule has 0 N–H and O–H groups in total. The molecule has 33 heavy (non-hydrogen) atoms. The van der Waals surface area contributed by atoms with Crippen LogP contribution in [0.4, 0.5) is 0 Å². The van der Waals surface area contributed by atoms with Crippen LogP contribution >= 0.6 is 0 Å². The molecule has 0 bridgehead atoms. The Kier molecular flexibility index (Phi) is 7.01. The van der Waals surface area contributed by atoms with Crippen molar-refractivity contribution in [3.8, 4) is 0 Å². The molecule has 4 aromatic rings. The Hall–Kier alpha value is -3.70. The third kappa shape index (κ3) is 5.76. The fraction of sp³-hybridized carbons (Fsp3) is 0.214. The van der Waals surface area contributed by atoms with Gasteiger partial charge in [-0.1, -0.05) is 60.7 Å². The van der Waals surface area contributed by atoms with Crippen molar-refractivity contribution < 1.29 is 23.8 Å². The summed E-state index contributed by atoms with van der Waals surface area (Å²) in [5.41, 5.74) is 0.997. The molecule has 0 radical (unpaired) electrons. The molecule has 2 unspecified atom stereocenters. The number of ether oxygens (including phenoxy) is 3. The minimum atomic E-state index is -0.442. The van der Waals surface area contributed by atoms with Crippen molar-refractivity contribution in [1.29, 1.82) is 0 Å². The zero-order valence-electron chi connectivity index (χ0n) is 18.7. The highest BCUT2D eigenvalue weighted by Gasteiger charge is 2.15. The van der Waals surface area contributed by atoms with E-state index in [9.17, 15) is 9.59 Å². The first kappa shape index (κ1) is 22.5. The Morgan fingerprint density at radius 1 is 0.636 bits per heavy atom. The zero-order valence-corrected chi connectivity index (χ0v) is 18.7. The predicted octanol–water partition coefficient (Wildman–Crippen LogP) is 5.80. The Morgan fingerprint density at radius 3 is 1.73 bits per heavy atom. The van der Waals surface area contributed by atoms with Gasteiger partial charge in [-0.25, -0.2) is 9.59 Å². The normalized spacial score (nSPS) is 12.9. The zero-order chi connectivity index (χ0) is 23.2. The van der Waals surface area contributed by atoms with Gasteiger partial charge in [0, 0.05) is 0 Å². The summed E-state index contributed by atoms with van der Waals surface area (Å²) in [5.74, 6) is -0.792. The van der Waals surface area contributed by atoms with E-state index in [0.717, 1.165) is 21.5 Å². The smallest absolute Gasteiger partial charge is 0.338 e. The van der Waals surface area contributed by atoms with Crippen LogP contribution in [0.1, 0.15) is 34.6 Å². The van der Waals surface area contributed by atoms with Gasteiger partial charge in [-0.05, 0) is 59.7 Å². The molecule has 0 amide bonds. The standard InChI is InChI=1S/C28H26O5/c1-19(17-32-27(29)25-13-11-21-7-3-5-9-23(21)15-25)31-18-20(2)33-28(30)26-14-12-22-8-4-6-10-24(22)16-26/h3-16,19-20H,17-18H2,1-2H3. The second-order valence-electron chi connectivity index (χ2n) is 8.08. The number of fused-ring (bicyclic) bond motifs is 2. The summed E-state index contributed by atoms with van der Waals surface area (Å²) in [4.78, 5) is 24.8. The largest absolute Gasteiger partial charge is 0.459 e. The van der Waals surface area contributed by atoms with Crippen LogP contribution < -0.4 is 0 Å². The number of rotatable bonds is 8. The molecule has 0 aliphatic rings. The molecule has 0 saturated carbocycles. The van der Waals surface area contributed by atoms with Gasteiger partial charge in [0.2, 0.25) is 0 Å². The number of esters is 2. The summed E-state index contributed by atoms with van der Waals surface area (Å²) in [6.45, 7) is 3.89. The maximum atomic E-state index is 12.5. The second-order valence-corrected chi connectivity index (χ2v) is 8.08. The fourth-order valence-corrected chi connectivity index (χ4v) is 3.54. The summed E-state index contributed by atoms with van der Waals surface area (Å²) in [5, 5.41) is 4.10. The summed E-state index contributed by atoms with van der Waals surface area (Å²) in [6, 6.07) is 26.6. The van der Waals surface area contributed by atoms with Crippen LogP contribution in [-0.4, -0.2) is 37.4 Å². The van der Waals surface area contributed by atoms with Crippen LogP contribution in [0.5, 0.6) is 0 Å². The van der Waals surface area contributed by atoms with Crippen molar-refractivity contribution in [2.24, 2.45) is 0 Å². The second kappa shape index (κ2) is 10.3. The molecule has 4 aromatic carbocycles. The monoisotopic (exact) mass is 442 g/mol. The summed E-state index contributed by atoms with van der Waals surface area (Å²) < 4.78 is 16.6. The quantitative estimate of drug-likeness (QED) is 0.323. The highest BCUT2D eigenvalue weighted by Crippen LogP contribution is 2.18. The molecule has 2 atom stereocenters. The minimum Gasteiger partial charge on any atom is -0.459 e. The molecule has 0 aromatic heterocycles. The van der Waals surface area contributed by atoms with Crippen LogP contribution in [0.25, 0.3) is 21.5 Å². The van der Waals surface area contributed by atoms with Crippen molar-refractivity contribution in [1.82, 2.24) is 0 Å². The summed E-state index contributed by atoms with van der Waals surface area (Å²) >= 11 is 0. The summed E-state index contributed by atoms with van der Waals surface area (Å²) in [7, 11) is 0. The van der Waals surface area contributed by atoms with Crippen molar-refractivity contribution >= 4 is 33.5 Å². The molecule has 0 heterocycles. The van der Waals surface area contributed by atoms with Gasteiger partial charge in [-0.15, -0.1) is 0 Å². The van der Waals surface area contributed by atoms with E-state index in [0.29, 0.717) is 11.1 Å². The van der Waals surface area contributed by atoms with Gasteiger partial charge < -0.3 is 14.2 Å². The lowest BCUT2D eigenvalue weighted by Crippen LogP contribution is -2.26. The fourth-order valence-electron chi connectivity index (χ4n) is 3.54. The molecular weight excluding hydrogens is 416 g/mol. The van der Waals surface area contributed by atoms with Crippen molar-refractivity contribution in [2.75, 3.05) is 13.2 Å². The first-order valence-electron chi connectivity index (χ1n) is 11.0. The highest BCUT2D eigenvalue weighted by atomic mass is 16.6. The molecule has 0 aliphatic carbocycles. The van der Waals surface area contributed by atoms with Crippen molar-refractivity contribution in [2.45, 2.75) is 26.1 Å². The number of carbonyl (C=O) groups is 2. The number of hydrogen-bond donors (Lipinski definition) is 0. The molecule has 5 heteroatoms. The summed E-state index contributed by atoms with van der Waals surface area (Å²) in [6.07, 6.45) is -0.779. The molecule has 168 valence electrons. The average molecular weight is 443 g/mol. The van der Waals surface area contributed by atoms with E-state index >= 15 is 0 Å². The predicted molar refractivity (Wildman–Crippen MR) is 128 cm³/mol. The van der Waals surface area contributed by atoms with E-state index in [-0.39, 0.29) is 19.3 Å².